The molecule has 1 heterocycles. The van der Waals surface area contributed by atoms with Gasteiger partial charge in [-0.25, -0.2) is 0 Å². The fraction of sp³-hybridized carbons (Fsp3) is 0. The van der Waals surface area contributed by atoms with Crippen molar-refractivity contribution in [1.29, 1.82) is 0 Å². The first kappa shape index (κ1) is 21.8. The van der Waals surface area contributed by atoms with Crippen molar-refractivity contribution in [1.82, 2.24) is 0 Å². The third kappa shape index (κ3) is 5.93. The summed E-state index contributed by atoms with van der Waals surface area (Å²) in [7, 11) is 0. The Kier molecular flexibility index (Phi) is 5.15. The van der Waals surface area contributed by atoms with Gasteiger partial charge in [0.1, 0.15) is 11.3 Å². The number of hydrogen-bond donors (Lipinski definition) is 0. The topological polar surface area (TPSA) is 13.1 Å². The number of fused-ring (bicyclic) bond motifs is 6. The molecule has 12 aromatic rings. The Morgan fingerprint density at radius 3 is 1.36 bits per heavy atom. The fourth-order valence-electron chi connectivity index (χ4n) is 8.53. The highest BCUT2D eigenvalue weighted by Crippen LogP contribution is 2.47. The van der Waals surface area contributed by atoms with E-state index in [1.54, 1.807) is 60.7 Å². The smallest absolute Gasteiger partial charge is 0.143 e. The fourth-order valence-corrected chi connectivity index (χ4v) is 8.53. The van der Waals surface area contributed by atoms with Crippen molar-refractivity contribution in [3.05, 3.63) is 230 Å². The lowest BCUT2D eigenvalue weighted by Crippen LogP contribution is -1.92. The zero-order valence-corrected chi connectivity index (χ0v) is 32.0. The maximum Gasteiger partial charge on any atom is 0.143 e. The molecule has 0 spiro atoms. The number of para-hydroxylation sites is 1. The van der Waals surface area contributed by atoms with E-state index in [2.05, 4.69) is 0 Å². The van der Waals surface area contributed by atoms with Gasteiger partial charge in [0, 0.05) is 16.5 Å². The first-order valence-electron chi connectivity index (χ1n) is 28.1. The van der Waals surface area contributed by atoms with Crippen molar-refractivity contribution < 1.29 is 27.7 Å². The molecular weight excluding hydrogens is 737 g/mol. The quantitative estimate of drug-likeness (QED) is 0.121. The summed E-state index contributed by atoms with van der Waals surface area (Å²) in [6.07, 6.45) is 0. The van der Waals surface area contributed by atoms with Crippen LogP contribution in [0.25, 0.3) is 121 Å². The van der Waals surface area contributed by atoms with Gasteiger partial charge in [-0.3, -0.25) is 0 Å². The van der Waals surface area contributed by atoms with E-state index < -0.39 is 84.6 Å². The van der Waals surface area contributed by atoms with Gasteiger partial charge in [0.05, 0.1) is 23.3 Å². The standard InChI is InChI=1S/C60H38O/c1-3-14-39(15-4-1)41-26-32-44(33-27-41)60-59(53-24-11-12-25-56(53)61-60)47-19-13-18-46(36-47)57-49-20-7-9-22-51(49)58(52-23-10-8-21-50(52)57)48-35-31-43-29-28-42-30-34-45(37-54(42)55(43)38-48)40-16-5-2-6-17-40/h1-38H/i2D,5D,6D,7D,8D,9D,10D,11D,12D,16D,17D,20D,21D,22D,23D,24D,25D. The maximum atomic E-state index is 9.66. The summed E-state index contributed by atoms with van der Waals surface area (Å²) in [5.74, 6) is 0.215. The minimum atomic E-state index is -0.598. The van der Waals surface area contributed by atoms with Gasteiger partial charge in [-0.15, -0.1) is 0 Å². The molecule has 0 unspecified atom stereocenters. The SMILES string of the molecule is [2H]c1c([2H])c([2H])c(-c2ccc3ccc4ccc(-c5c6c([2H])c([2H])c([2H])c([2H])c6c(-c6cccc(-c7c(-c8ccc(-c9ccccc9)cc8)oc8c([2H])c([2H])c([2H])c([2H])c78)c6)c6c([2H])c([2H])c([2H])c([2H])c56)cc4c3c2)c([2H])c1[2H]. The number of hydrogen-bond acceptors (Lipinski definition) is 1. The summed E-state index contributed by atoms with van der Waals surface area (Å²) in [6, 6.07) is 29.7. The van der Waals surface area contributed by atoms with E-state index in [0.29, 0.717) is 44.0 Å². The zero-order chi connectivity index (χ0) is 55.1. The molecule has 0 N–H and O–H groups in total. The predicted octanol–water partition coefficient (Wildman–Crippen LogP) is 17.0. The summed E-state index contributed by atoms with van der Waals surface area (Å²) in [5, 5.41) is 2.52. The van der Waals surface area contributed by atoms with E-state index in [1.807, 2.05) is 66.7 Å². The first-order valence-corrected chi connectivity index (χ1v) is 19.6. The molecule has 0 saturated carbocycles. The monoisotopic (exact) mass is 791 g/mol. The lowest BCUT2D eigenvalue weighted by Gasteiger charge is -2.19. The van der Waals surface area contributed by atoms with Gasteiger partial charge in [-0.05, 0) is 117 Å². The summed E-state index contributed by atoms with van der Waals surface area (Å²) in [6.45, 7) is 0. The third-order valence-electron chi connectivity index (χ3n) is 11.3. The molecule has 1 nitrogen and oxygen atoms in total. The molecule has 12 rings (SSSR count). The van der Waals surface area contributed by atoms with Crippen LogP contribution in [0.15, 0.2) is 235 Å². The largest absolute Gasteiger partial charge is 0.455 e. The highest BCUT2D eigenvalue weighted by Gasteiger charge is 2.21. The van der Waals surface area contributed by atoms with E-state index in [0.717, 1.165) is 16.5 Å². The molecule has 284 valence electrons. The van der Waals surface area contributed by atoms with E-state index in [-0.39, 0.29) is 78.7 Å². The van der Waals surface area contributed by atoms with Crippen LogP contribution in [-0.2, 0) is 0 Å². The van der Waals surface area contributed by atoms with Crippen molar-refractivity contribution in [2.45, 2.75) is 0 Å². The lowest BCUT2D eigenvalue weighted by molar-refractivity contribution is 0.632. The van der Waals surface area contributed by atoms with Crippen molar-refractivity contribution in [3.8, 4) is 67.0 Å². The van der Waals surface area contributed by atoms with Gasteiger partial charge in [0.15, 0.2) is 0 Å². The van der Waals surface area contributed by atoms with Gasteiger partial charge >= 0.3 is 0 Å². The van der Waals surface area contributed by atoms with Crippen LogP contribution in [0, 0.1) is 0 Å². The number of benzene rings is 11. The Morgan fingerprint density at radius 1 is 0.279 bits per heavy atom. The van der Waals surface area contributed by atoms with E-state index in [1.165, 1.54) is 0 Å². The normalized spacial score (nSPS) is 15.5. The van der Waals surface area contributed by atoms with Crippen LogP contribution in [0.3, 0.4) is 0 Å². The second-order valence-electron chi connectivity index (χ2n) is 14.7. The molecule has 11 aromatic carbocycles. The number of rotatable bonds is 6. The molecule has 0 saturated heterocycles. The molecular formula is C60H38O. The second kappa shape index (κ2) is 14.4. The molecule has 61 heavy (non-hydrogen) atoms. The lowest BCUT2D eigenvalue weighted by atomic mass is 9.84. The Balaban J connectivity index is 1.16. The Hall–Kier alpha value is -8.00. The average Bonchev–Trinajstić information content (AvgIpc) is 4.03. The Morgan fingerprint density at radius 2 is 0.721 bits per heavy atom. The Bertz CT molecular complexity index is 4520. The molecule has 0 radical (unpaired) electrons. The van der Waals surface area contributed by atoms with Crippen molar-refractivity contribution in [2.24, 2.45) is 0 Å². The van der Waals surface area contributed by atoms with Crippen LogP contribution < -0.4 is 0 Å². The van der Waals surface area contributed by atoms with Crippen LogP contribution in [0.5, 0.6) is 0 Å². The average molecular weight is 792 g/mol. The van der Waals surface area contributed by atoms with Gasteiger partial charge in [-0.1, -0.05) is 206 Å². The van der Waals surface area contributed by atoms with Gasteiger partial charge in [-0.2, -0.15) is 0 Å². The molecule has 0 fully saturated rings. The van der Waals surface area contributed by atoms with E-state index in [4.69, 9.17) is 20.9 Å². The molecule has 0 bridgehead atoms. The maximum absolute atomic E-state index is 9.66. The molecule has 1 heteroatoms. The van der Waals surface area contributed by atoms with Gasteiger partial charge in [0.25, 0.3) is 0 Å². The summed E-state index contributed by atoms with van der Waals surface area (Å²) >= 11 is 0. The van der Waals surface area contributed by atoms with E-state index >= 15 is 0 Å². The first-order chi connectivity index (χ1) is 37.3. The third-order valence-corrected chi connectivity index (χ3v) is 11.3. The molecule has 0 amide bonds. The van der Waals surface area contributed by atoms with E-state index in [9.17, 15) is 6.85 Å². The van der Waals surface area contributed by atoms with Crippen LogP contribution in [0.4, 0.5) is 0 Å². The van der Waals surface area contributed by atoms with Crippen LogP contribution in [0.1, 0.15) is 23.3 Å². The number of furan rings is 1. The highest BCUT2D eigenvalue weighted by molar-refractivity contribution is 6.22. The van der Waals surface area contributed by atoms with Crippen LogP contribution >= 0.6 is 0 Å². The summed E-state index contributed by atoms with van der Waals surface area (Å²) < 4.78 is 159. The summed E-state index contributed by atoms with van der Waals surface area (Å²) in [4.78, 5) is 0. The molecule has 0 aliphatic rings. The van der Waals surface area contributed by atoms with Crippen molar-refractivity contribution >= 4 is 54.1 Å². The molecule has 0 atom stereocenters. The van der Waals surface area contributed by atoms with Gasteiger partial charge < -0.3 is 4.42 Å². The van der Waals surface area contributed by atoms with Crippen molar-refractivity contribution in [3.63, 3.8) is 0 Å². The van der Waals surface area contributed by atoms with Crippen LogP contribution in [-0.4, -0.2) is 0 Å². The molecule has 0 aliphatic carbocycles. The van der Waals surface area contributed by atoms with Crippen molar-refractivity contribution in [2.75, 3.05) is 0 Å². The zero-order valence-electron chi connectivity index (χ0n) is 49.0. The highest BCUT2D eigenvalue weighted by atomic mass is 16.3. The Labute approximate surface area is 378 Å². The van der Waals surface area contributed by atoms with Crippen LogP contribution in [0.2, 0.25) is 0 Å². The minimum absolute atomic E-state index is 0.00113. The predicted molar refractivity (Wildman–Crippen MR) is 259 cm³/mol. The molecule has 0 aliphatic heterocycles. The summed E-state index contributed by atoms with van der Waals surface area (Å²) in [5.41, 5.74) is 4.05. The molecule has 1 aromatic heterocycles. The van der Waals surface area contributed by atoms with Gasteiger partial charge in [0.2, 0.25) is 0 Å². The second-order valence-corrected chi connectivity index (χ2v) is 14.7. The minimum Gasteiger partial charge on any atom is -0.455 e.